The van der Waals surface area contributed by atoms with E-state index in [1.54, 1.807) is 0 Å². The minimum Gasteiger partial charge on any atom is -0.378 e. The zero-order valence-corrected chi connectivity index (χ0v) is 15.1. The number of carbonyl (C=O) groups excluding carboxylic acids is 1. The Hall–Kier alpha value is -2.73. The lowest BCUT2D eigenvalue weighted by Crippen LogP contribution is -2.36. The highest BCUT2D eigenvalue weighted by atomic mass is 19.1. The molecule has 1 fully saturated rings. The molecule has 1 amide bonds. The van der Waals surface area contributed by atoms with Gasteiger partial charge in [-0.05, 0) is 42.8 Å². The minimum absolute atomic E-state index is 0.227. The molecule has 2 aromatic carbocycles. The van der Waals surface area contributed by atoms with Crippen LogP contribution in [-0.4, -0.2) is 32.2 Å². The molecule has 1 saturated heterocycles. The van der Waals surface area contributed by atoms with Crippen molar-refractivity contribution in [3.05, 3.63) is 71.3 Å². The van der Waals surface area contributed by atoms with Gasteiger partial charge in [-0.25, -0.2) is 8.78 Å². The topological polar surface area (TPSA) is 41.6 Å². The standard InChI is InChI=1S/C21H22F2N2O2/c1-15(16-4-2-5-17(14-16)25-10-12-27-13-11-25)24-21(26)9-8-18-19(22)6-3-7-20(18)23/h2-9,14-15H,10-13H2,1H3,(H,24,26)/t15-/m0/s1. The lowest BCUT2D eigenvalue weighted by molar-refractivity contribution is -0.117. The Kier molecular flexibility index (Phi) is 6.19. The molecular formula is C21H22F2N2O2. The van der Waals surface area contributed by atoms with Gasteiger partial charge in [0.05, 0.1) is 19.3 Å². The molecule has 0 saturated carbocycles. The first kappa shape index (κ1) is 19.0. The number of halogens is 2. The van der Waals surface area contributed by atoms with Gasteiger partial charge in [-0.2, -0.15) is 0 Å². The van der Waals surface area contributed by atoms with E-state index in [-0.39, 0.29) is 11.6 Å². The van der Waals surface area contributed by atoms with Crippen LogP contribution >= 0.6 is 0 Å². The van der Waals surface area contributed by atoms with Crippen LogP contribution < -0.4 is 10.2 Å². The van der Waals surface area contributed by atoms with Crippen molar-refractivity contribution < 1.29 is 18.3 Å². The van der Waals surface area contributed by atoms with Gasteiger partial charge in [0.15, 0.2) is 0 Å². The average molecular weight is 372 g/mol. The highest BCUT2D eigenvalue weighted by Crippen LogP contribution is 2.21. The molecule has 6 heteroatoms. The van der Waals surface area contributed by atoms with Crippen molar-refractivity contribution >= 4 is 17.7 Å². The Morgan fingerprint density at radius 3 is 2.52 bits per heavy atom. The first-order valence-corrected chi connectivity index (χ1v) is 8.90. The number of nitrogens with zero attached hydrogens (tertiary/aromatic N) is 1. The van der Waals surface area contributed by atoms with Crippen molar-refractivity contribution in [1.82, 2.24) is 5.32 Å². The van der Waals surface area contributed by atoms with E-state index < -0.39 is 17.5 Å². The molecule has 0 bridgehead atoms. The summed E-state index contributed by atoms with van der Waals surface area (Å²) < 4.78 is 32.6. The Balaban J connectivity index is 1.65. The molecule has 0 spiro atoms. The first-order chi connectivity index (χ1) is 13.0. The summed E-state index contributed by atoms with van der Waals surface area (Å²) >= 11 is 0. The van der Waals surface area contributed by atoms with E-state index in [1.807, 2.05) is 31.2 Å². The zero-order valence-electron chi connectivity index (χ0n) is 15.1. The number of nitrogens with one attached hydrogen (secondary N) is 1. The minimum atomic E-state index is -0.703. The number of anilines is 1. The number of hydrogen-bond acceptors (Lipinski definition) is 3. The second-order valence-electron chi connectivity index (χ2n) is 6.39. The lowest BCUT2D eigenvalue weighted by atomic mass is 10.1. The normalized spacial score (nSPS) is 15.7. The van der Waals surface area contributed by atoms with Crippen LogP contribution in [0.5, 0.6) is 0 Å². The third kappa shape index (κ3) is 4.92. The van der Waals surface area contributed by atoms with Gasteiger partial charge >= 0.3 is 0 Å². The van der Waals surface area contributed by atoms with Crippen LogP contribution in [0.15, 0.2) is 48.5 Å². The third-order valence-corrected chi connectivity index (χ3v) is 4.51. The summed E-state index contributed by atoms with van der Waals surface area (Å²) in [7, 11) is 0. The Bertz CT molecular complexity index is 812. The van der Waals surface area contributed by atoms with Crippen LogP contribution in [0.25, 0.3) is 6.08 Å². The van der Waals surface area contributed by atoms with Crippen molar-refractivity contribution in [1.29, 1.82) is 0 Å². The van der Waals surface area contributed by atoms with Crippen LogP contribution in [0.2, 0.25) is 0 Å². The zero-order chi connectivity index (χ0) is 19.2. The van der Waals surface area contributed by atoms with Gasteiger partial charge in [0.1, 0.15) is 11.6 Å². The van der Waals surface area contributed by atoms with Gasteiger partial charge in [-0.1, -0.05) is 18.2 Å². The molecule has 1 heterocycles. The van der Waals surface area contributed by atoms with Gasteiger partial charge in [-0.3, -0.25) is 4.79 Å². The van der Waals surface area contributed by atoms with E-state index in [1.165, 1.54) is 6.07 Å². The van der Waals surface area contributed by atoms with Gasteiger partial charge in [-0.15, -0.1) is 0 Å². The molecule has 1 N–H and O–H groups in total. The molecule has 1 aliphatic heterocycles. The third-order valence-electron chi connectivity index (χ3n) is 4.51. The van der Waals surface area contributed by atoms with Crippen LogP contribution in [0, 0.1) is 11.6 Å². The molecule has 1 atom stereocenters. The van der Waals surface area contributed by atoms with Crippen molar-refractivity contribution in [2.75, 3.05) is 31.2 Å². The molecule has 27 heavy (non-hydrogen) atoms. The first-order valence-electron chi connectivity index (χ1n) is 8.90. The summed E-state index contributed by atoms with van der Waals surface area (Å²) in [6, 6.07) is 11.3. The second-order valence-corrected chi connectivity index (χ2v) is 6.39. The monoisotopic (exact) mass is 372 g/mol. The van der Waals surface area contributed by atoms with Crippen molar-refractivity contribution in [2.24, 2.45) is 0 Å². The van der Waals surface area contributed by atoms with E-state index in [0.29, 0.717) is 13.2 Å². The molecule has 0 unspecified atom stereocenters. The molecule has 142 valence electrons. The molecule has 0 aliphatic carbocycles. The summed E-state index contributed by atoms with van der Waals surface area (Å²) in [5.74, 6) is -1.82. The molecule has 0 aromatic heterocycles. The maximum atomic E-state index is 13.6. The van der Waals surface area contributed by atoms with E-state index in [2.05, 4.69) is 10.2 Å². The summed E-state index contributed by atoms with van der Waals surface area (Å²) in [6.07, 6.45) is 2.29. The number of hydrogen-bond donors (Lipinski definition) is 1. The highest BCUT2D eigenvalue weighted by Gasteiger charge is 2.14. The molecule has 4 nitrogen and oxygen atoms in total. The van der Waals surface area contributed by atoms with E-state index in [4.69, 9.17) is 4.74 Å². The van der Waals surface area contributed by atoms with Gasteiger partial charge in [0, 0.05) is 30.4 Å². The van der Waals surface area contributed by atoms with Crippen molar-refractivity contribution in [2.45, 2.75) is 13.0 Å². The summed E-state index contributed by atoms with van der Waals surface area (Å²) in [4.78, 5) is 14.4. The SMILES string of the molecule is C[C@H](NC(=O)C=Cc1c(F)cccc1F)c1cccc(N2CCOCC2)c1. The molecule has 2 aromatic rings. The number of carbonyl (C=O) groups is 1. The van der Waals surface area contributed by atoms with Crippen LogP contribution in [-0.2, 0) is 9.53 Å². The van der Waals surface area contributed by atoms with Gasteiger partial charge < -0.3 is 15.0 Å². The summed E-state index contributed by atoms with van der Waals surface area (Å²) in [6.45, 7) is 4.94. The number of rotatable bonds is 5. The van der Waals surface area contributed by atoms with E-state index >= 15 is 0 Å². The van der Waals surface area contributed by atoms with Gasteiger partial charge in [0.25, 0.3) is 0 Å². The van der Waals surface area contributed by atoms with Crippen LogP contribution in [0.4, 0.5) is 14.5 Å². The predicted octanol–water partition coefficient (Wildman–Crippen LogP) is 3.69. The Morgan fingerprint density at radius 1 is 1.15 bits per heavy atom. The van der Waals surface area contributed by atoms with Crippen LogP contribution in [0.1, 0.15) is 24.1 Å². The second kappa shape index (κ2) is 8.77. The largest absolute Gasteiger partial charge is 0.378 e. The summed E-state index contributed by atoms with van der Waals surface area (Å²) in [5.41, 5.74) is 1.81. The Morgan fingerprint density at radius 2 is 1.81 bits per heavy atom. The van der Waals surface area contributed by atoms with Crippen molar-refractivity contribution in [3.63, 3.8) is 0 Å². The fourth-order valence-electron chi connectivity index (χ4n) is 2.99. The maximum Gasteiger partial charge on any atom is 0.244 e. The predicted molar refractivity (Wildman–Crippen MR) is 101 cm³/mol. The molecular weight excluding hydrogens is 350 g/mol. The smallest absolute Gasteiger partial charge is 0.244 e. The quantitative estimate of drug-likeness (QED) is 0.814. The van der Waals surface area contributed by atoms with E-state index in [0.717, 1.165) is 48.6 Å². The number of benzene rings is 2. The average Bonchev–Trinajstić information content (AvgIpc) is 2.68. The number of amides is 1. The van der Waals surface area contributed by atoms with Gasteiger partial charge in [0.2, 0.25) is 5.91 Å². The fraction of sp³-hybridized carbons (Fsp3) is 0.286. The Labute approximate surface area is 157 Å². The lowest BCUT2D eigenvalue weighted by Gasteiger charge is -2.29. The van der Waals surface area contributed by atoms with Crippen LogP contribution in [0.3, 0.4) is 0 Å². The number of ether oxygens (including phenoxy) is 1. The highest BCUT2D eigenvalue weighted by molar-refractivity contribution is 5.92. The number of morpholine rings is 1. The van der Waals surface area contributed by atoms with Crippen molar-refractivity contribution in [3.8, 4) is 0 Å². The summed E-state index contributed by atoms with van der Waals surface area (Å²) in [5, 5.41) is 2.82. The molecule has 3 rings (SSSR count). The molecule has 1 aliphatic rings. The molecule has 0 radical (unpaired) electrons. The fourth-order valence-corrected chi connectivity index (χ4v) is 2.99. The van der Waals surface area contributed by atoms with E-state index in [9.17, 15) is 13.6 Å². The maximum absolute atomic E-state index is 13.6.